The van der Waals surface area contributed by atoms with E-state index in [1.165, 1.54) is 23.9 Å². The van der Waals surface area contributed by atoms with E-state index in [1.807, 2.05) is 11.9 Å². The minimum absolute atomic E-state index is 0.0367. The van der Waals surface area contributed by atoms with Crippen LogP contribution in [0, 0.1) is 16.0 Å². The number of hydrogen-bond donors (Lipinski definition) is 0. The number of nitrogens with zero attached hydrogens (tertiary/aromatic N) is 4. The van der Waals surface area contributed by atoms with Crippen LogP contribution in [-0.2, 0) is 4.79 Å². The van der Waals surface area contributed by atoms with Crippen molar-refractivity contribution in [3.63, 3.8) is 0 Å². The van der Waals surface area contributed by atoms with Crippen LogP contribution < -0.4 is 0 Å². The van der Waals surface area contributed by atoms with Gasteiger partial charge in [0.05, 0.1) is 10.7 Å². The fourth-order valence-electron chi connectivity index (χ4n) is 3.20. The number of thioether (sulfide) groups is 1. The van der Waals surface area contributed by atoms with Crippen LogP contribution in [-0.4, -0.2) is 44.8 Å². The maximum Gasteiger partial charge on any atom is 0.277 e. The Morgan fingerprint density at radius 2 is 2.07 bits per heavy atom. The van der Waals surface area contributed by atoms with Gasteiger partial charge < -0.3 is 9.32 Å². The summed E-state index contributed by atoms with van der Waals surface area (Å²) in [5.74, 6) is 1.20. The highest BCUT2D eigenvalue weighted by Gasteiger charge is 2.25. The summed E-state index contributed by atoms with van der Waals surface area (Å²) in [6, 6.07) is 6.31. The first-order valence-corrected chi connectivity index (χ1v) is 9.89. The highest BCUT2D eigenvalue weighted by atomic mass is 32.2. The van der Waals surface area contributed by atoms with E-state index in [0.717, 1.165) is 31.6 Å². The fraction of sp³-hybridized carbons (Fsp3) is 0.500. The monoisotopic (exact) mass is 390 g/mol. The second-order valence-electron chi connectivity index (χ2n) is 6.89. The van der Waals surface area contributed by atoms with Gasteiger partial charge in [0.25, 0.3) is 10.9 Å². The highest BCUT2D eigenvalue weighted by molar-refractivity contribution is 7.99. The minimum Gasteiger partial charge on any atom is -0.411 e. The lowest BCUT2D eigenvalue weighted by Gasteiger charge is -2.33. The zero-order valence-corrected chi connectivity index (χ0v) is 16.1. The van der Waals surface area contributed by atoms with E-state index in [9.17, 15) is 14.9 Å². The molecule has 0 atom stereocenters. The molecule has 2 aromatic rings. The molecule has 1 aliphatic rings. The number of amides is 1. The molecule has 8 nitrogen and oxygen atoms in total. The first-order chi connectivity index (χ1) is 12.9. The summed E-state index contributed by atoms with van der Waals surface area (Å²) in [5.41, 5.74) is 0.432. The molecule has 1 heterocycles. The van der Waals surface area contributed by atoms with Gasteiger partial charge in [-0.1, -0.05) is 24.8 Å². The molecule has 0 aliphatic heterocycles. The molecule has 1 saturated carbocycles. The van der Waals surface area contributed by atoms with Crippen LogP contribution in [0.2, 0.25) is 0 Å². The zero-order valence-electron chi connectivity index (χ0n) is 15.3. The molecule has 1 aromatic carbocycles. The van der Waals surface area contributed by atoms with Gasteiger partial charge in [-0.05, 0) is 37.7 Å². The summed E-state index contributed by atoms with van der Waals surface area (Å²) >= 11 is 1.18. The number of nitro groups is 1. The lowest BCUT2D eigenvalue weighted by molar-refractivity contribution is -0.384. The van der Waals surface area contributed by atoms with Gasteiger partial charge >= 0.3 is 0 Å². The molecular weight excluding hydrogens is 368 g/mol. The van der Waals surface area contributed by atoms with Crippen LogP contribution in [0.5, 0.6) is 0 Å². The average molecular weight is 390 g/mol. The van der Waals surface area contributed by atoms with Crippen molar-refractivity contribution in [3.05, 3.63) is 34.4 Å². The topological polar surface area (TPSA) is 102 Å². The number of hydrogen-bond acceptors (Lipinski definition) is 7. The van der Waals surface area contributed by atoms with Gasteiger partial charge in [-0.15, -0.1) is 10.2 Å². The third-order valence-corrected chi connectivity index (χ3v) is 5.76. The van der Waals surface area contributed by atoms with Crippen LogP contribution >= 0.6 is 11.8 Å². The molecule has 0 spiro atoms. The van der Waals surface area contributed by atoms with Gasteiger partial charge in [0.2, 0.25) is 11.8 Å². The maximum absolute atomic E-state index is 12.4. The first kappa shape index (κ1) is 19.3. The Bertz CT molecular complexity index is 817. The molecule has 3 rings (SSSR count). The molecule has 1 aromatic heterocycles. The average Bonchev–Trinajstić information content (AvgIpc) is 3.15. The number of carbonyl (C=O) groups is 1. The minimum atomic E-state index is -0.476. The molecule has 9 heteroatoms. The Balaban J connectivity index is 1.57. The van der Waals surface area contributed by atoms with Crippen LogP contribution in [0.3, 0.4) is 0 Å². The second kappa shape index (κ2) is 8.51. The number of aromatic nitrogens is 2. The van der Waals surface area contributed by atoms with Crippen LogP contribution in [0.1, 0.15) is 32.6 Å². The second-order valence-corrected chi connectivity index (χ2v) is 7.81. The van der Waals surface area contributed by atoms with E-state index in [2.05, 4.69) is 17.1 Å². The fourth-order valence-corrected chi connectivity index (χ4v) is 3.88. The van der Waals surface area contributed by atoms with E-state index >= 15 is 0 Å². The van der Waals surface area contributed by atoms with Crippen molar-refractivity contribution in [1.82, 2.24) is 15.1 Å². The van der Waals surface area contributed by atoms with Crippen LogP contribution in [0.15, 0.2) is 33.9 Å². The van der Waals surface area contributed by atoms with E-state index in [-0.39, 0.29) is 28.5 Å². The van der Waals surface area contributed by atoms with Gasteiger partial charge in [-0.2, -0.15) is 0 Å². The molecule has 0 unspecified atom stereocenters. The number of nitro benzene ring substituents is 1. The van der Waals surface area contributed by atoms with E-state index < -0.39 is 4.92 Å². The number of carbonyl (C=O) groups excluding carboxylic acids is 1. The molecule has 27 heavy (non-hydrogen) atoms. The highest BCUT2D eigenvalue weighted by Crippen LogP contribution is 2.28. The molecule has 0 radical (unpaired) electrons. The number of rotatable bonds is 6. The van der Waals surface area contributed by atoms with Gasteiger partial charge in [0, 0.05) is 30.8 Å². The maximum atomic E-state index is 12.4. The Kier molecular flexibility index (Phi) is 6.10. The summed E-state index contributed by atoms with van der Waals surface area (Å²) in [4.78, 5) is 24.7. The van der Waals surface area contributed by atoms with Crippen LogP contribution in [0.4, 0.5) is 5.69 Å². The predicted octanol–water partition coefficient (Wildman–Crippen LogP) is 3.77. The van der Waals surface area contributed by atoms with Gasteiger partial charge in [-0.25, -0.2) is 0 Å². The Morgan fingerprint density at radius 3 is 2.78 bits per heavy atom. The van der Waals surface area contributed by atoms with Gasteiger partial charge in [0.15, 0.2) is 0 Å². The molecule has 0 N–H and O–H groups in total. The third kappa shape index (κ3) is 4.85. The van der Waals surface area contributed by atoms with Crippen molar-refractivity contribution in [2.75, 3.05) is 12.8 Å². The summed E-state index contributed by atoms with van der Waals surface area (Å²) in [6.07, 6.45) is 4.41. The van der Waals surface area contributed by atoms with Gasteiger partial charge in [-0.3, -0.25) is 14.9 Å². The lowest BCUT2D eigenvalue weighted by Crippen LogP contribution is -2.40. The number of benzene rings is 1. The normalized spacial score (nSPS) is 19.6. The van der Waals surface area contributed by atoms with Crippen molar-refractivity contribution in [2.24, 2.45) is 5.92 Å². The predicted molar refractivity (Wildman–Crippen MR) is 101 cm³/mol. The summed E-state index contributed by atoms with van der Waals surface area (Å²) in [6.45, 7) is 2.25. The molecule has 1 aliphatic carbocycles. The largest absolute Gasteiger partial charge is 0.411 e. The summed E-state index contributed by atoms with van der Waals surface area (Å²) < 4.78 is 5.54. The lowest BCUT2D eigenvalue weighted by atomic mass is 9.87. The van der Waals surface area contributed by atoms with E-state index in [0.29, 0.717) is 11.6 Å². The zero-order chi connectivity index (χ0) is 19.4. The Labute approximate surface area is 161 Å². The van der Waals surface area contributed by atoms with Crippen molar-refractivity contribution in [2.45, 2.75) is 43.9 Å². The van der Waals surface area contributed by atoms with Crippen molar-refractivity contribution >= 4 is 23.4 Å². The molecule has 144 valence electrons. The molecule has 1 amide bonds. The summed E-state index contributed by atoms with van der Waals surface area (Å²) in [7, 11) is 1.85. The molecule has 1 fully saturated rings. The smallest absolute Gasteiger partial charge is 0.277 e. The molecular formula is C18H22N4O4S. The first-order valence-electron chi connectivity index (χ1n) is 8.91. The number of non-ortho nitro benzene ring substituents is 1. The SMILES string of the molecule is CC1CCC(N(C)C(=O)CSc2nnc(-c3cccc([N+](=O)[O-])c3)o2)CC1. The summed E-state index contributed by atoms with van der Waals surface area (Å²) in [5, 5.41) is 19.0. The van der Waals surface area contributed by atoms with Crippen LogP contribution in [0.25, 0.3) is 11.5 Å². The molecule has 0 bridgehead atoms. The van der Waals surface area contributed by atoms with E-state index in [4.69, 9.17) is 4.42 Å². The van der Waals surface area contributed by atoms with E-state index in [1.54, 1.807) is 12.1 Å². The standard InChI is InChI=1S/C18H22N4O4S/c1-12-6-8-14(9-7-12)21(2)16(23)11-27-18-20-19-17(26-18)13-4-3-5-15(10-13)22(24)25/h3-5,10,12,14H,6-9,11H2,1-2H3. The van der Waals surface area contributed by atoms with Crippen molar-refractivity contribution in [3.8, 4) is 11.5 Å². The third-order valence-electron chi connectivity index (χ3n) is 4.96. The Morgan fingerprint density at radius 1 is 1.33 bits per heavy atom. The molecule has 0 saturated heterocycles. The Hall–Kier alpha value is -2.42. The van der Waals surface area contributed by atoms with Crippen molar-refractivity contribution in [1.29, 1.82) is 0 Å². The van der Waals surface area contributed by atoms with Gasteiger partial charge in [0.1, 0.15) is 0 Å². The van der Waals surface area contributed by atoms with Crippen molar-refractivity contribution < 1.29 is 14.1 Å². The quantitative estimate of drug-likeness (QED) is 0.420.